The Morgan fingerprint density at radius 2 is 2.24 bits per heavy atom. The molecule has 21 heavy (non-hydrogen) atoms. The Morgan fingerprint density at radius 1 is 1.52 bits per heavy atom. The molecule has 110 valence electrons. The van der Waals surface area contributed by atoms with Crippen molar-refractivity contribution in [2.75, 3.05) is 12.8 Å². The van der Waals surface area contributed by atoms with Crippen LogP contribution in [-0.2, 0) is 11.3 Å². The average Bonchev–Trinajstić information content (AvgIpc) is 2.78. The van der Waals surface area contributed by atoms with Gasteiger partial charge in [0.1, 0.15) is 23.9 Å². The van der Waals surface area contributed by atoms with E-state index in [-0.39, 0.29) is 29.7 Å². The molecule has 1 aromatic heterocycles. The van der Waals surface area contributed by atoms with E-state index in [9.17, 15) is 14.0 Å². The van der Waals surface area contributed by atoms with E-state index in [2.05, 4.69) is 10.4 Å². The number of nitrogens with two attached hydrogens (primary N) is 1. The Labute approximate surface area is 120 Å². The lowest BCUT2D eigenvalue weighted by Crippen LogP contribution is -2.24. The number of nitrogen functional groups attached to an aromatic ring is 1. The molecule has 0 spiro atoms. The van der Waals surface area contributed by atoms with Crippen molar-refractivity contribution in [3.05, 3.63) is 35.1 Å². The topological polar surface area (TPSA) is 90.0 Å². The molecule has 7 heteroatoms. The third kappa shape index (κ3) is 2.76. The highest BCUT2D eigenvalue weighted by Gasteiger charge is 2.18. The second-order valence-corrected chi connectivity index (χ2v) is 4.56. The molecule has 0 saturated carbocycles. The minimum atomic E-state index is -0.343. The lowest BCUT2D eigenvalue weighted by atomic mass is 10.1. The summed E-state index contributed by atoms with van der Waals surface area (Å²) < 4.78 is 14.6. The fourth-order valence-corrected chi connectivity index (χ4v) is 1.95. The number of nitrogens with zero attached hydrogens (tertiary/aromatic N) is 2. The van der Waals surface area contributed by atoms with E-state index in [0.29, 0.717) is 23.1 Å². The summed E-state index contributed by atoms with van der Waals surface area (Å²) in [6.45, 7) is 1.52. The summed E-state index contributed by atoms with van der Waals surface area (Å²) in [5.74, 6) is -0.529. The van der Waals surface area contributed by atoms with Crippen molar-refractivity contribution in [3.63, 3.8) is 0 Å². The number of likely N-dealkylation sites (N-methyl/N-ethyl adjacent to an activating group) is 1. The van der Waals surface area contributed by atoms with Crippen LogP contribution in [-0.4, -0.2) is 29.0 Å². The number of anilines is 1. The predicted molar refractivity (Wildman–Crippen MR) is 76.2 cm³/mol. The predicted octanol–water partition coefficient (Wildman–Crippen LogP) is 1.14. The van der Waals surface area contributed by atoms with Gasteiger partial charge < -0.3 is 11.1 Å². The monoisotopic (exact) mass is 290 g/mol. The standard InChI is InChI=1S/C14H15FN4O2/c1-8-5-9(3-4-11(8)15)13-10(7-20)14(16)19(18-13)6-12(21)17-2/h3-5,7H,6,16H2,1-2H3,(H,17,21). The number of halogens is 1. The molecule has 6 nitrogen and oxygen atoms in total. The number of amides is 1. The first-order valence-corrected chi connectivity index (χ1v) is 6.26. The smallest absolute Gasteiger partial charge is 0.241 e. The van der Waals surface area contributed by atoms with Gasteiger partial charge in [-0.05, 0) is 30.7 Å². The molecule has 2 rings (SSSR count). The number of hydrogen-bond donors (Lipinski definition) is 2. The minimum absolute atomic E-state index is 0.0939. The van der Waals surface area contributed by atoms with Gasteiger partial charge in [-0.3, -0.25) is 9.59 Å². The number of aromatic nitrogens is 2. The average molecular weight is 290 g/mol. The molecule has 0 fully saturated rings. The number of aryl methyl sites for hydroxylation is 1. The molecular weight excluding hydrogens is 275 g/mol. The minimum Gasteiger partial charge on any atom is -0.383 e. The summed E-state index contributed by atoms with van der Waals surface area (Å²) >= 11 is 0. The fraction of sp³-hybridized carbons (Fsp3) is 0.214. The second kappa shape index (κ2) is 5.74. The molecule has 0 unspecified atom stereocenters. The van der Waals surface area contributed by atoms with Gasteiger partial charge in [-0.15, -0.1) is 0 Å². The van der Waals surface area contributed by atoms with E-state index in [1.54, 1.807) is 13.0 Å². The van der Waals surface area contributed by atoms with Crippen molar-refractivity contribution in [3.8, 4) is 11.3 Å². The summed E-state index contributed by atoms with van der Waals surface area (Å²) in [6.07, 6.45) is 0.580. The molecule has 0 aliphatic heterocycles. The van der Waals surface area contributed by atoms with Crippen molar-refractivity contribution in [2.24, 2.45) is 0 Å². The third-order valence-electron chi connectivity index (χ3n) is 3.15. The number of rotatable bonds is 4. The van der Waals surface area contributed by atoms with Crippen molar-refractivity contribution in [1.82, 2.24) is 15.1 Å². The number of carbonyl (C=O) groups is 2. The van der Waals surface area contributed by atoms with Gasteiger partial charge >= 0.3 is 0 Å². The van der Waals surface area contributed by atoms with Crippen LogP contribution in [0.15, 0.2) is 18.2 Å². The number of aldehydes is 1. The van der Waals surface area contributed by atoms with Gasteiger partial charge in [0, 0.05) is 12.6 Å². The van der Waals surface area contributed by atoms with Crippen LogP contribution in [0.5, 0.6) is 0 Å². The lowest BCUT2D eigenvalue weighted by molar-refractivity contribution is -0.121. The molecule has 0 radical (unpaired) electrons. The maximum Gasteiger partial charge on any atom is 0.241 e. The SMILES string of the molecule is CNC(=O)Cn1nc(-c2ccc(F)c(C)c2)c(C=O)c1N. The Morgan fingerprint density at radius 3 is 2.81 bits per heavy atom. The fourth-order valence-electron chi connectivity index (χ4n) is 1.95. The van der Waals surface area contributed by atoms with Crippen molar-refractivity contribution < 1.29 is 14.0 Å². The van der Waals surface area contributed by atoms with E-state index in [1.165, 1.54) is 23.9 Å². The van der Waals surface area contributed by atoms with Crippen molar-refractivity contribution >= 4 is 18.0 Å². The second-order valence-electron chi connectivity index (χ2n) is 4.56. The van der Waals surface area contributed by atoms with Gasteiger partial charge in [0.15, 0.2) is 6.29 Å². The molecular formula is C14H15FN4O2. The molecule has 0 bridgehead atoms. The lowest BCUT2D eigenvalue weighted by Gasteiger charge is -2.02. The summed E-state index contributed by atoms with van der Waals surface area (Å²) in [6, 6.07) is 4.39. The molecule has 1 amide bonds. The van der Waals surface area contributed by atoms with Gasteiger partial charge in [-0.25, -0.2) is 9.07 Å². The molecule has 1 aromatic carbocycles. The Hall–Kier alpha value is -2.70. The number of nitrogens with one attached hydrogen (secondary N) is 1. The summed E-state index contributed by atoms with van der Waals surface area (Å²) in [4.78, 5) is 22.6. The maximum atomic E-state index is 13.3. The molecule has 0 atom stereocenters. The number of benzene rings is 1. The first kappa shape index (κ1) is 14.7. The first-order chi connectivity index (χ1) is 9.97. The third-order valence-corrected chi connectivity index (χ3v) is 3.15. The van der Waals surface area contributed by atoms with Crippen LogP contribution in [0.2, 0.25) is 0 Å². The zero-order valence-corrected chi connectivity index (χ0v) is 11.7. The maximum absolute atomic E-state index is 13.3. The molecule has 3 N–H and O–H groups in total. The van der Waals surface area contributed by atoms with Crippen molar-refractivity contribution in [2.45, 2.75) is 13.5 Å². The molecule has 1 heterocycles. The zero-order valence-electron chi connectivity index (χ0n) is 11.7. The summed E-state index contributed by atoms with van der Waals surface area (Å²) in [7, 11) is 1.49. The summed E-state index contributed by atoms with van der Waals surface area (Å²) in [5, 5.41) is 6.64. The van der Waals surface area contributed by atoms with Crippen LogP contribution >= 0.6 is 0 Å². The molecule has 0 aliphatic carbocycles. The Kier molecular flexibility index (Phi) is 4.02. The normalized spacial score (nSPS) is 10.4. The Bertz CT molecular complexity index is 709. The van der Waals surface area contributed by atoms with Crippen LogP contribution in [0.4, 0.5) is 10.2 Å². The zero-order chi connectivity index (χ0) is 15.6. The quantitative estimate of drug-likeness (QED) is 0.826. The Balaban J connectivity index is 2.52. The van der Waals surface area contributed by atoms with Crippen LogP contribution < -0.4 is 11.1 Å². The van der Waals surface area contributed by atoms with E-state index in [0.717, 1.165) is 0 Å². The van der Waals surface area contributed by atoms with E-state index >= 15 is 0 Å². The van der Waals surface area contributed by atoms with Crippen LogP contribution in [0.1, 0.15) is 15.9 Å². The first-order valence-electron chi connectivity index (χ1n) is 6.26. The molecule has 0 saturated heterocycles. The van der Waals surface area contributed by atoms with Gasteiger partial charge in [0.25, 0.3) is 0 Å². The molecule has 0 aliphatic rings. The van der Waals surface area contributed by atoms with Crippen LogP contribution in [0.3, 0.4) is 0 Å². The van der Waals surface area contributed by atoms with E-state index in [1.807, 2.05) is 0 Å². The number of carbonyl (C=O) groups excluding carboxylic acids is 2. The largest absolute Gasteiger partial charge is 0.383 e. The highest BCUT2D eigenvalue weighted by atomic mass is 19.1. The van der Waals surface area contributed by atoms with Gasteiger partial charge in [0.05, 0.1) is 5.56 Å². The highest BCUT2D eigenvalue weighted by Crippen LogP contribution is 2.27. The van der Waals surface area contributed by atoms with Crippen molar-refractivity contribution in [1.29, 1.82) is 0 Å². The van der Waals surface area contributed by atoms with E-state index in [4.69, 9.17) is 5.73 Å². The van der Waals surface area contributed by atoms with Crippen LogP contribution in [0.25, 0.3) is 11.3 Å². The number of hydrogen-bond acceptors (Lipinski definition) is 4. The molecule has 2 aromatic rings. The van der Waals surface area contributed by atoms with Crippen LogP contribution in [0, 0.1) is 12.7 Å². The summed E-state index contributed by atoms with van der Waals surface area (Å²) in [5.41, 5.74) is 7.35. The highest BCUT2D eigenvalue weighted by molar-refractivity contribution is 5.92. The van der Waals surface area contributed by atoms with E-state index < -0.39 is 0 Å². The van der Waals surface area contributed by atoms with Gasteiger partial charge in [-0.2, -0.15) is 5.10 Å². The van der Waals surface area contributed by atoms with Gasteiger partial charge in [-0.1, -0.05) is 0 Å². The van der Waals surface area contributed by atoms with Gasteiger partial charge in [0.2, 0.25) is 5.91 Å².